The molecule has 2 aromatic rings. The molecule has 0 spiro atoms. The van der Waals surface area contributed by atoms with Crippen molar-refractivity contribution in [3.8, 4) is 11.4 Å². The second-order valence-corrected chi connectivity index (χ2v) is 4.13. The van der Waals surface area contributed by atoms with Crippen LogP contribution in [-0.2, 0) is 10.7 Å². The summed E-state index contributed by atoms with van der Waals surface area (Å²) in [5.74, 6) is -0.910. The van der Waals surface area contributed by atoms with Crippen LogP contribution in [0.2, 0.25) is 0 Å². The van der Waals surface area contributed by atoms with Gasteiger partial charge in [-0.2, -0.15) is 13.8 Å². The van der Waals surface area contributed by atoms with Crippen molar-refractivity contribution in [2.45, 2.75) is 10.7 Å². The Hall–Kier alpha value is -1.08. The standard InChI is InChI=1S/C9H5BrClF2N3O/c10-3-6-2-1-5(4-14-6)7-15-8(17-16-7)9(11,12)13/h1-2,4H,3H2. The van der Waals surface area contributed by atoms with E-state index in [0.29, 0.717) is 10.9 Å². The zero-order chi connectivity index (χ0) is 12.5. The van der Waals surface area contributed by atoms with Crippen LogP contribution in [0.5, 0.6) is 0 Å². The van der Waals surface area contributed by atoms with Gasteiger partial charge >= 0.3 is 11.3 Å². The van der Waals surface area contributed by atoms with Gasteiger partial charge < -0.3 is 4.52 Å². The molecular formula is C9H5BrClF2N3O. The molecule has 0 amide bonds. The summed E-state index contributed by atoms with van der Waals surface area (Å²) in [6.07, 6.45) is 1.47. The first kappa shape index (κ1) is 12.4. The highest BCUT2D eigenvalue weighted by atomic mass is 79.9. The summed E-state index contributed by atoms with van der Waals surface area (Å²) in [6.45, 7) is 0. The molecule has 4 nitrogen and oxygen atoms in total. The van der Waals surface area contributed by atoms with Gasteiger partial charge in [0.1, 0.15) is 0 Å². The molecule has 0 saturated carbocycles. The number of alkyl halides is 4. The largest absolute Gasteiger partial charge is 0.400 e. The van der Waals surface area contributed by atoms with Gasteiger partial charge in [0, 0.05) is 17.1 Å². The molecule has 0 aliphatic carbocycles. The van der Waals surface area contributed by atoms with Crippen molar-refractivity contribution >= 4 is 27.5 Å². The van der Waals surface area contributed by atoms with Crippen LogP contribution in [0.1, 0.15) is 11.6 Å². The summed E-state index contributed by atoms with van der Waals surface area (Å²) >= 11 is 8.00. The lowest BCUT2D eigenvalue weighted by Gasteiger charge is -1.98. The van der Waals surface area contributed by atoms with E-state index in [9.17, 15) is 8.78 Å². The first-order chi connectivity index (χ1) is 8.00. The molecule has 8 heteroatoms. The highest BCUT2D eigenvalue weighted by molar-refractivity contribution is 9.08. The van der Waals surface area contributed by atoms with Gasteiger partial charge in [-0.3, -0.25) is 4.98 Å². The van der Waals surface area contributed by atoms with Gasteiger partial charge in [0.05, 0.1) is 5.69 Å². The quantitative estimate of drug-likeness (QED) is 0.813. The molecule has 0 atom stereocenters. The number of hydrogen-bond donors (Lipinski definition) is 0. The lowest BCUT2D eigenvalue weighted by atomic mass is 10.2. The average Bonchev–Trinajstić information content (AvgIpc) is 2.78. The third-order valence-electron chi connectivity index (χ3n) is 1.89. The van der Waals surface area contributed by atoms with Gasteiger partial charge in [0.25, 0.3) is 0 Å². The summed E-state index contributed by atoms with van der Waals surface area (Å²) in [7, 11) is 0. The molecule has 2 heterocycles. The molecule has 0 saturated heterocycles. The van der Waals surface area contributed by atoms with Crippen molar-refractivity contribution < 1.29 is 13.3 Å². The van der Waals surface area contributed by atoms with E-state index in [1.807, 2.05) is 0 Å². The van der Waals surface area contributed by atoms with Gasteiger partial charge in [-0.05, 0) is 23.7 Å². The first-order valence-electron chi connectivity index (χ1n) is 4.43. The number of hydrogen-bond acceptors (Lipinski definition) is 4. The first-order valence-corrected chi connectivity index (χ1v) is 5.93. The summed E-state index contributed by atoms with van der Waals surface area (Å²) < 4.78 is 29.7. The van der Waals surface area contributed by atoms with Gasteiger partial charge in [-0.15, -0.1) is 0 Å². The second kappa shape index (κ2) is 4.66. The Balaban J connectivity index is 2.30. The van der Waals surface area contributed by atoms with Crippen molar-refractivity contribution in [3.05, 3.63) is 29.9 Å². The molecule has 2 rings (SSSR count). The maximum Gasteiger partial charge on any atom is 0.400 e. The molecule has 2 aromatic heterocycles. The topological polar surface area (TPSA) is 51.8 Å². The second-order valence-electron chi connectivity index (χ2n) is 3.09. The number of nitrogens with zero attached hydrogens (tertiary/aromatic N) is 3. The third kappa shape index (κ3) is 2.78. The minimum Gasteiger partial charge on any atom is -0.331 e. The molecule has 0 radical (unpaired) electrons. The van der Waals surface area contributed by atoms with Crippen LogP contribution < -0.4 is 0 Å². The van der Waals surface area contributed by atoms with Crippen molar-refractivity contribution in [2.75, 3.05) is 0 Å². The van der Waals surface area contributed by atoms with Gasteiger partial charge in [-0.25, -0.2) is 0 Å². The van der Waals surface area contributed by atoms with Crippen LogP contribution in [0.15, 0.2) is 22.9 Å². The van der Waals surface area contributed by atoms with E-state index in [4.69, 9.17) is 11.6 Å². The predicted octanol–water partition coefficient (Wildman–Crippen LogP) is 3.31. The molecule has 0 aromatic carbocycles. The summed E-state index contributed by atoms with van der Waals surface area (Å²) in [5, 5.41) is 0.350. The highest BCUT2D eigenvalue weighted by Gasteiger charge is 2.35. The fourth-order valence-corrected chi connectivity index (χ4v) is 1.50. The lowest BCUT2D eigenvalue weighted by molar-refractivity contribution is 0.0551. The molecule has 0 aliphatic heterocycles. The molecule has 0 bridgehead atoms. The zero-order valence-electron chi connectivity index (χ0n) is 8.20. The van der Waals surface area contributed by atoms with E-state index in [-0.39, 0.29) is 5.82 Å². The number of halogens is 4. The Labute approximate surface area is 108 Å². The Morgan fingerprint density at radius 1 is 1.41 bits per heavy atom. The molecular weight excluding hydrogens is 319 g/mol. The molecule has 0 unspecified atom stereocenters. The Morgan fingerprint density at radius 2 is 2.18 bits per heavy atom. The van der Waals surface area contributed by atoms with E-state index in [2.05, 4.69) is 35.6 Å². The minimum absolute atomic E-state index is 0.0222. The van der Waals surface area contributed by atoms with Crippen LogP contribution in [0.4, 0.5) is 8.78 Å². The van der Waals surface area contributed by atoms with Crippen LogP contribution in [0.3, 0.4) is 0 Å². The summed E-state index contributed by atoms with van der Waals surface area (Å²) in [6, 6.07) is 3.38. The van der Waals surface area contributed by atoms with Crippen LogP contribution in [-0.4, -0.2) is 15.1 Å². The van der Waals surface area contributed by atoms with E-state index in [0.717, 1.165) is 5.69 Å². The minimum atomic E-state index is -3.66. The smallest absolute Gasteiger partial charge is 0.331 e. The fraction of sp³-hybridized carbons (Fsp3) is 0.222. The van der Waals surface area contributed by atoms with Crippen LogP contribution in [0.25, 0.3) is 11.4 Å². The average molecular weight is 325 g/mol. The maximum absolute atomic E-state index is 12.6. The molecule has 17 heavy (non-hydrogen) atoms. The van der Waals surface area contributed by atoms with Crippen molar-refractivity contribution in [1.82, 2.24) is 15.1 Å². The fourth-order valence-electron chi connectivity index (χ4n) is 1.09. The van der Waals surface area contributed by atoms with Gasteiger partial charge in [0.2, 0.25) is 5.82 Å². The van der Waals surface area contributed by atoms with Crippen LogP contribution >= 0.6 is 27.5 Å². The van der Waals surface area contributed by atoms with Crippen LogP contribution in [0, 0.1) is 0 Å². The van der Waals surface area contributed by atoms with Crippen molar-refractivity contribution in [2.24, 2.45) is 0 Å². The van der Waals surface area contributed by atoms with Gasteiger partial charge in [-0.1, -0.05) is 21.1 Å². The highest BCUT2D eigenvalue weighted by Crippen LogP contribution is 2.31. The van der Waals surface area contributed by atoms with E-state index >= 15 is 0 Å². The van der Waals surface area contributed by atoms with E-state index in [1.165, 1.54) is 6.20 Å². The van der Waals surface area contributed by atoms with Gasteiger partial charge in [0.15, 0.2) is 0 Å². The van der Waals surface area contributed by atoms with Crippen molar-refractivity contribution in [3.63, 3.8) is 0 Å². The molecule has 0 aliphatic rings. The van der Waals surface area contributed by atoms with E-state index < -0.39 is 11.3 Å². The molecule has 0 N–H and O–H groups in total. The number of rotatable bonds is 3. The van der Waals surface area contributed by atoms with Crippen molar-refractivity contribution in [1.29, 1.82) is 0 Å². The SMILES string of the molecule is FC(F)(Cl)c1nc(-c2ccc(CBr)nc2)no1. The Bertz CT molecular complexity index is 512. The number of aromatic nitrogens is 3. The normalized spacial score (nSPS) is 11.8. The van der Waals surface area contributed by atoms with E-state index in [1.54, 1.807) is 12.1 Å². The lowest BCUT2D eigenvalue weighted by Crippen LogP contribution is -2.03. The zero-order valence-corrected chi connectivity index (χ0v) is 10.5. The molecule has 0 fully saturated rings. The molecule has 90 valence electrons. The summed E-state index contributed by atoms with van der Waals surface area (Å²) in [5.41, 5.74) is 1.28. The number of pyridine rings is 1. The predicted molar refractivity (Wildman–Crippen MR) is 59.9 cm³/mol. The summed E-state index contributed by atoms with van der Waals surface area (Å²) in [4.78, 5) is 7.55. The Kier molecular flexibility index (Phi) is 3.39. The Morgan fingerprint density at radius 3 is 2.65 bits per heavy atom. The monoisotopic (exact) mass is 323 g/mol. The maximum atomic E-state index is 12.6. The third-order valence-corrected chi connectivity index (χ3v) is 2.62.